The summed E-state index contributed by atoms with van der Waals surface area (Å²) in [5.74, 6) is 0.432. The maximum atomic E-state index is 9.62. The number of fused-ring (bicyclic) bond motifs is 7. The first-order chi connectivity index (χ1) is 26.0. The van der Waals surface area contributed by atoms with Crippen LogP contribution in [-0.4, -0.2) is 24.1 Å². The molecule has 0 aliphatic rings. The number of benzene rings is 6. The minimum atomic E-state index is -0.542. The van der Waals surface area contributed by atoms with Crippen molar-refractivity contribution in [2.45, 2.75) is 0 Å². The molecule has 0 bridgehead atoms. The second-order valence-electron chi connectivity index (χ2n) is 10.2. The van der Waals surface area contributed by atoms with Gasteiger partial charge in [0, 0.05) is 38.4 Å². The molecule has 0 unspecified atom stereocenters. The highest BCUT2D eigenvalue weighted by Gasteiger charge is 2.22. The Hall–Kier alpha value is -6.07. The topological polar surface area (TPSA) is 48.5 Å². The van der Waals surface area contributed by atoms with Gasteiger partial charge in [0.15, 0.2) is 11.6 Å². The van der Waals surface area contributed by atoms with Crippen molar-refractivity contribution in [1.82, 2.24) is 24.1 Å². The zero-order valence-electron chi connectivity index (χ0n) is 32.9. The van der Waals surface area contributed by atoms with Crippen molar-refractivity contribution in [2.75, 3.05) is 0 Å². The smallest absolute Gasteiger partial charge is 0.238 e. The summed E-state index contributed by atoms with van der Waals surface area (Å²) in [6.45, 7) is 0. The van der Waals surface area contributed by atoms with Gasteiger partial charge in [-0.25, -0.2) is 4.98 Å². The molecule has 0 N–H and O–H groups in total. The predicted octanol–water partition coefficient (Wildman–Crippen LogP) is 9.40. The largest absolute Gasteiger partial charge is 0.309 e. The van der Waals surface area contributed by atoms with Gasteiger partial charge in [0.25, 0.3) is 0 Å². The molecule has 0 fully saturated rings. The van der Waals surface area contributed by atoms with Crippen molar-refractivity contribution >= 4 is 43.6 Å². The summed E-state index contributed by atoms with van der Waals surface area (Å²) in [4.78, 5) is 14.4. The van der Waals surface area contributed by atoms with Gasteiger partial charge in [0.1, 0.15) is 0 Å². The first kappa shape index (κ1) is 16.5. The van der Waals surface area contributed by atoms with Gasteiger partial charge < -0.3 is 4.57 Å². The molecule has 0 saturated carbocycles. The van der Waals surface area contributed by atoms with E-state index in [1.807, 2.05) is 60.7 Å². The number of aromatic nitrogens is 5. The van der Waals surface area contributed by atoms with Crippen molar-refractivity contribution in [2.24, 2.45) is 0 Å². The van der Waals surface area contributed by atoms with Gasteiger partial charge in [0.2, 0.25) is 5.95 Å². The van der Waals surface area contributed by atoms with Gasteiger partial charge >= 0.3 is 0 Å². The molecule has 0 radical (unpaired) electrons. The molecule has 206 valence electrons. The SMILES string of the molecule is [2H]c1c([2H])c([2H])c2c(c1[2H])c1c3c4c([2H])c([2H])c([2H])c([2H])c4n(-c4nc(-c5ccccc5)nc(-c5ccccc5)n4)c3c([2H])c([2H])c1n2-c1ccccc1. The van der Waals surface area contributed by atoms with Crippen molar-refractivity contribution in [3.63, 3.8) is 0 Å². The lowest BCUT2D eigenvalue weighted by Crippen LogP contribution is -2.06. The second-order valence-corrected chi connectivity index (χ2v) is 10.2. The molecule has 3 aromatic heterocycles. The molecule has 44 heavy (non-hydrogen) atoms. The fourth-order valence-corrected chi connectivity index (χ4v) is 5.77. The summed E-state index contributed by atoms with van der Waals surface area (Å²) in [6.07, 6.45) is 0. The predicted molar refractivity (Wildman–Crippen MR) is 179 cm³/mol. The Labute approximate surface area is 267 Å². The fourth-order valence-electron chi connectivity index (χ4n) is 5.77. The highest BCUT2D eigenvalue weighted by Crippen LogP contribution is 2.42. The van der Waals surface area contributed by atoms with Gasteiger partial charge in [-0.1, -0.05) is 115 Å². The highest BCUT2D eigenvalue weighted by atomic mass is 15.2. The van der Waals surface area contributed by atoms with Gasteiger partial charge in [-0.2, -0.15) is 9.97 Å². The number of hydrogen-bond acceptors (Lipinski definition) is 3. The number of hydrogen-bond donors (Lipinski definition) is 0. The minimum Gasteiger partial charge on any atom is -0.309 e. The van der Waals surface area contributed by atoms with E-state index in [2.05, 4.69) is 0 Å². The van der Waals surface area contributed by atoms with E-state index in [0.29, 0.717) is 16.8 Å². The van der Waals surface area contributed by atoms with E-state index in [9.17, 15) is 6.85 Å². The zero-order chi connectivity index (χ0) is 37.7. The summed E-state index contributed by atoms with van der Waals surface area (Å²) < 4.78 is 93.5. The molecule has 0 spiro atoms. The summed E-state index contributed by atoms with van der Waals surface area (Å²) in [6, 6.07) is 22.6. The van der Waals surface area contributed by atoms with E-state index in [1.165, 1.54) is 9.13 Å². The van der Waals surface area contributed by atoms with E-state index in [1.54, 1.807) is 30.3 Å². The van der Waals surface area contributed by atoms with Crippen LogP contribution in [0.3, 0.4) is 0 Å². The van der Waals surface area contributed by atoms with E-state index in [4.69, 9.17) is 21.8 Å². The van der Waals surface area contributed by atoms with Crippen LogP contribution in [0.4, 0.5) is 0 Å². The number of nitrogens with zero attached hydrogens (tertiary/aromatic N) is 5. The first-order valence-corrected chi connectivity index (χ1v) is 13.9. The maximum Gasteiger partial charge on any atom is 0.238 e. The molecular formula is C39H25N5. The Bertz CT molecular complexity index is 2980. The van der Waals surface area contributed by atoms with Gasteiger partial charge in [0.05, 0.1) is 35.8 Å². The van der Waals surface area contributed by atoms with Crippen LogP contribution < -0.4 is 0 Å². The summed E-state index contributed by atoms with van der Waals surface area (Å²) in [5, 5.41) is 0.249. The molecule has 9 aromatic rings. The normalized spacial score (nSPS) is 14.8. The first-order valence-electron chi connectivity index (χ1n) is 18.9. The van der Waals surface area contributed by atoms with E-state index >= 15 is 0 Å². The Kier molecular flexibility index (Phi) is 3.66. The van der Waals surface area contributed by atoms with Crippen LogP contribution in [0.15, 0.2) is 151 Å². The van der Waals surface area contributed by atoms with E-state index < -0.39 is 42.3 Å². The fraction of sp³-hybridized carbons (Fsp3) is 0. The van der Waals surface area contributed by atoms with Gasteiger partial charge in [-0.3, -0.25) is 4.57 Å². The molecule has 0 amide bonds. The number of para-hydroxylation sites is 3. The Morgan fingerprint density at radius 2 is 0.886 bits per heavy atom. The van der Waals surface area contributed by atoms with Crippen LogP contribution in [0.25, 0.3) is 78.0 Å². The molecule has 9 rings (SSSR count). The average Bonchev–Trinajstić information content (AvgIpc) is 3.75. The Morgan fingerprint density at radius 1 is 0.432 bits per heavy atom. The quantitative estimate of drug-likeness (QED) is 0.211. The lowest BCUT2D eigenvalue weighted by molar-refractivity contribution is 0.953. The highest BCUT2D eigenvalue weighted by molar-refractivity contribution is 6.28. The molecule has 0 aliphatic heterocycles. The second kappa shape index (κ2) is 9.75. The molecule has 0 atom stereocenters. The maximum absolute atomic E-state index is 9.62. The summed E-state index contributed by atoms with van der Waals surface area (Å²) in [7, 11) is 0. The Morgan fingerprint density at radius 3 is 1.43 bits per heavy atom. The molecule has 3 heterocycles. The van der Waals surface area contributed by atoms with Crippen molar-refractivity contribution in [3.05, 3.63) is 151 Å². The molecule has 0 aliphatic carbocycles. The van der Waals surface area contributed by atoms with Crippen molar-refractivity contribution < 1.29 is 13.7 Å². The van der Waals surface area contributed by atoms with Crippen molar-refractivity contribution in [3.8, 4) is 34.4 Å². The van der Waals surface area contributed by atoms with Crippen LogP contribution in [0.1, 0.15) is 13.7 Å². The summed E-state index contributed by atoms with van der Waals surface area (Å²) in [5.41, 5.74) is 1.79. The Balaban J connectivity index is 1.58. The van der Waals surface area contributed by atoms with Crippen LogP contribution in [-0.2, 0) is 0 Å². The summed E-state index contributed by atoms with van der Waals surface area (Å²) >= 11 is 0. The lowest BCUT2D eigenvalue weighted by atomic mass is 10.1. The van der Waals surface area contributed by atoms with Crippen LogP contribution in [0.5, 0.6) is 0 Å². The average molecular weight is 574 g/mol. The van der Waals surface area contributed by atoms with Crippen LogP contribution >= 0.6 is 0 Å². The lowest BCUT2D eigenvalue weighted by Gasteiger charge is -2.11. The molecule has 5 heteroatoms. The van der Waals surface area contributed by atoms with Crippen molar-refractivity contribution in [1.29, 1.82) is 0 Å². The molecule has 5 nitrogen and oxygen atoms in total. The third-order valence-electron chi connectivity index (χ3n) is 7.65. The molecule has 0 saturated heterocycles. The monoisotopic (exact) mass is 573 g/mol. The number of rotatable bonds is 4. The zero-order valence-corrected chi connectivity index (χ0v) is 22.9. The van der Waals surface area contributed by atoms with E-state index in [0.717, 1.165) is 0 Å². The molecular weight excluding hydrogens is 538 g/mol. The minimum absolute atomic E-state index is 0.0167. The third-order valence-corrected chi connectivity index (χ3v) is 7.65. The van der Waals surface area contributed by atoms with E-state index in [-0.39, 0.29) is 79.3 Å². The standard InChI is InChI=1S/C39H25N5/c1-4-14-26(15-5-1)37-40-38(27-16-6-2-7-17-27)42-39(41-37)44-32-23-13-11-21-30(32)36-34(44)25-24-33-35(36)29-20-10-12-22-31(29)43(33)28-18-8-3-9-19-28/h1-25H/i10D,11D,12D,13D,20D,21D,22D,23D,24D,25D. The van der Waals surface area contributed by atoms with Crippen LogP contribution in [0.2, 0.25) is 0 Å². The third kappa shape index (κ3) is 3.69. The van der Waals surface area contributed by atoms with Gasteiger partial charge in [-0.05, 0) is 36.3 Å². The van der Waals surface area contributed by atoms with Crippen LogP contribution in [0, 0.1) is 0 Å². The van der Waals surface area contributed by atoms with Gasteiger partial charge in [-0.15, -0.1) is 0 Å². The molecule has 6 aromatic carbocycles.